The maximum atomic E-state index is 5.51. The monoisotopic (exact) mass is 283 g/mol. The number of nitrogens with one attached hydrogen (secondary N) is 2. The Bertz CT molecular complexity index is 403. The Morgan fingerprint density at radius 3 is 2.80 bits per heavy atom. The van der Waals surface area contributed by atoms with Gasteiger partial charge in [-0.1, -0.05) is 19.0 Å². The molecule has 0 aliphatic rings. The Morgan fingerprint density at radius 2 is 2.20 bits per heavy atom. The zero-order chi connectivity index (χ0) is 14.8. The lowest BCUT2D eigenvalue weighted by Crippen LogP contribution is -2.37. The molecule has 0 aliphatic carbocycles. The fraction of sp³-hybridized carbons (Fsp3) is 0.769. The maximum absolute atomic E-state index is 5.51. The third-order valence-corrected chi connectivity index (χ3v) is 2.41. The van der Waals surface area contributed by atoms with Crippen LogP contribution in [0, 0.1) is 12.8 Å². The SMILES string of the molecule is CN=C(NCCCOCC(C)C)NCc1nc(C)no1. The molecular weight excluding hydrogens is 258 g/mol. The van der Waals surface area contributed by atoms with E-state index in [1.54, 1.807) is 14.0 Å². The average molecular weight is 283 g/mol. The molecule has 0 amide bonds. The minimum atomic E-state index is 0.463. The van der Waals surface area contributed by atoms with Crippen LogP contribution in [0.15, 0.2) is 9.52 Å². The second kappa shape index (κ2) is 9.30. The molecule has 0 saturated heterocycles. The van der Waals surface area contributed by atoms with Crippen LogP contribution in [0.3, 0.4) is 0 Å². The van der Waals surface area contributed by atoms with E-state index in [9.17, 15) is 0 Å². The second-order valence-corrected chi connectivity index (χ2v) is 4.91. The predicted molar refractivity (Wildman–Crippen MR) is 77.5 cm³/mol. The number of ether oxygens (including phenoxy) is 1. The molecule has 0 unspecified atom stereocenters. The van der Waals surface area contributed by atoms with Crippen molar-refractivity contribution in [3.63, 3.8) is 0 Å². The number of guanidine groups is 1. The normalized spacial score (nSPS) is 11.9. The van der Waals surface area contributed by atoms with Crippen LogP contribution in [-0.2, 0) is 11.3 Å². The first kappa shape index (κ1) is 16.4. The number of hydrogen-bond donors (Lipinski definition) is 2. The van der Waals surface area contributed by atoms with Gasteiger partial charge in [-0.15, -0.1) is 0 Å². The summed E-state index contributed by atoms with van der Waals surface area (Å²) in [6.45, 7) is 8.91. The molecule has 1 aromatic rings. The summed E-state index contributed by atoms with van der Waals surface area (Å²) in [5.41, 5.74) is 0. The van der Waals surface area contributed by atoms with E-state index in [1.165, 1.54) is 0 Å². The van der Waals surface area contributed by atoms with Gasteiger partial charge in [0.05, 0.1) is 6.54 Å². The van der Waals surface area contributed by atoms with Gasteiger partial charge >= 0.3 is 0 Å². The molecule has 2 N–H and O–H groups in total. The van der Waals surface area contributed by atoms with Gasteiger partial charge in [-0.3, -0.25) is 4.99 Å². The molecule has 7 nitrogen and oxygen atoms in total. The fourth-order valence-electron chi connectivity index (χ4n) is 1.49. The van der Waals surface area contributed by atoms with Crippen LogP contribution in [0.1, 0.15) is 32.0 Å². The van der Waals surface area contributed by atoms with E-state index in [-0.39, 0.29) is 0 Å². The van der Waals surface area contributed by atoms with Gasteiger partial charge in [0, 0.05) is 26.8 Å². The van der Waals surface area contributed by atoms with Crippen molar-refractivity contribution in [1.29, 1.82) is 0 Å². The van der Waals surface area contributed by atoms with Crippen LogP contribution in [0.2, 0.25) is 0 Å². The predicted octanol–water partition coefficient (Wildman–Crippen LogP) is 1.11. The minimum absolute atomic E-state index is 0.463. The summed E-state index contributed by atoms with van der Waals surface area (Å²) in [6, 6.07) is 0. The van der Waals surface area contributed by atoms with Gasteiger partial charge in [0.15, 0.2) is 11.8 Å². The molecule has 0 aliphatic heterocycles. The van der Waals surface area contributed by atoms with Crippen molar-refractivity contribution < 1.29 is 9.26 Å². The number of aliphatic imine (C=N–C) groups is 1. The third-order valence-electron chi connectivity index (χ3n) is 2.41. The molecule has 0 bridgehead atoms. The Morgan fingerprint density at radius 1 is 1.40 bits per heavy atom. The first-order valence-corrected chi connectivity index (χ1v) is 6.93. The third kappa shape index (κ3) is 7.08. The van der Waals surface area contributed by atoms with E-state index >= 15 is 0 Å². The molecule has 1 aromatic heterocycles. The Balaban J connectivity index is 2.11. The lowest BCUT2D eigenvalue weighted by Gasteiger charge is -2.11. The molecule has 1 rings (SSSR count). The smallest absolute Gasteiger partial charge is 0.246 e. The molecule has 0 spiro atoms. The summed E-state index contributed by atoms with van der Waals surface area (Å²) in [7, 11) is 1.73. The lowest BCUT2D eigenvalue weighted by molar-refractivity contribution is 0.108. The molecule has 7 heteroatoms. The van der Waals surface area contributed by atoms with Crippen LogP contribution in [0.4, 0.5) is 0 Å². The molecule has 0 atom stereocenters. The Hall–Kier alpha value is -1.63. The molecule has 0 aromatic carbocycles. The maximum Gasteiger partial charge on any atom is 0.246 e. The molecule has 0 radical (unpaired) electrons. The topological polar surface area (TPSA) is 84.6 Å². The highest BCUT2D eigenvalue weighted by Gasteiger charge is 2.03. The van der Waals surface area contributed by atoms with E-state index < -0.39 is 0 Å². The fourth-order valence-corrected chi connectivity index (χ4v) is 1.49. The van der Waals surface area contributed by atoms with Crippen LogP contribution in [0.5, 0.6) is 0 Å². The van der Waals surface area contributed by atoms with Crippen molar-refractivity contribution in [3.8, 4) is 0 Å². The van der Waals surface area contributed by atoms with Crippen molar-refractivity contribution in [2.24, 2.45) is 10.9 Å². The Labute approximate surface area is 120 Å². The van der Waals surface area contributed by atoms with Crippen molar-refractivity contribution in [2.45, 2.75) is 33.7 Å². The molecule has 0 saturated carbocycles. The van der Waals surface area contributed by atoms with E-state index in [1.807, 2.05) is 0 Å². The highest BCUT2D eigenvalue weighted by Crippen LogP contribution is 1.95. The van der Waals surface area contributed by atoms with Crippen LogP contribution >= 0.6 is 0 Å². The van der Waals surface area contributed by atoms with Crippen molar-refractivity contribution in [1.82, 2.24) is 20.8 Å². The first-order valence-electron chi connectivity index (χ1n) is 6.93. The molecule has 0 fully saturated rings. The van der Waals surface area contributed by atoms with Crippen LogP contribution in [0.25, 0.3) is 0 Å². The van der Waals surface area contributed by atoms with E-state index in [4.69, 9.17) is 9.26 Å². The van der Waals surface area contributed by atoms with Crippen molar-refractivity contribution >= 4 is 5.96 Å². The average Bonchev–Trinajstić information content (AvgIpc) is 2.82. The van der Waals surface area contributed by atoms with Crippen molar-refractivity contribution in [3.05, 3.63) is 11.7 Å². The number of aromatic nitrogens is 2. The summed E-state index contributed by atoms with van der Waals surface area (Å²) in [6.07, 6.45) is 0.938. The van der Waals surface area contributed by atoms with Gasteiger partial charge in [0.25, 0.3) is 0 Å². The summed E-state index contributed by atoms with van der Waals surface area (Å²) in [5, 5.41) is 10.0. The summed E-state index contributed by atoms with van der Waals surface area (Å²) >= 11 is 0. The quantitative estimate of drug-likeness (QED) is 0.422. The van der Waals surface area contributed by atoms with Gasteiger partial charge in [0.2, 0.25) is 5.89 Å². The summed E-state index contributed by atoms with van der Waals surface area (Å²) in [4.78, 5) is 8.23. The van der Waals surface area contributed by atoms with Gasteiger partial charge in [-0.25, -0.2) is 0 Å². The van der Waals surface area contributed by atoms with Gasteiger partial charge in [0.1, 0.15) is 0 Å². The zero-order valence-electron chi connectivity index (χ0n) is 12.8. The number of hydrogen-bond acceptors (Lipinski definition) is 5. The number of rotatable bonds is 8. The molecule has 20 heavy (non-hydrogen) atoms. The van der Waals surface area contributed by atoms with Gasteiger partial charge in [-0.2, -0.15) is 4.98 Å². The summed E-state index contributed by atoms with van der Waals surface area (Å²) < 4.78 is 10.5. The lowest BCUT2D eigenvalue weighted by atomic mass is 10.2. The molecule has 1 heterocycles. The van der Waals surface area contributed by atoms with Crippen molar-refractivity contribution in [2.75, 3.05) is 26.8 Å². The largest absolute Gasteiger partial charge is 0.381 e. The second-order valence-electron chi connectivity index (χ2n) is 4.91. The summed E-state index contributed by atoms with van der Waals surface area (Å²) in [5.74, 6) is 2.47. The van der Waals surface area contributed by atoms with Gasteiger partial charge < -0.3 is 19.9 Å². The van der Waals surface area contributed by atoms with E-state index in [0.717, 1.165) is 26.2 Å². The van der Waals surface area contributed by atoms with E-state index in [0.29, 0.717) is 30.1 Å². The zero-order valence-corrected chi connectivity index (χ0v) is 12.8. The standard InChI is InChI=1S/C13H25N5O2/c1-10(2)9-19-7-5-6-15-13(14-4)16-8-12-17-11(3)18-20-12/h10H,5-9H2,1-4H3,(H2,14,15,16). The molecular formula is C13H25N5O2. The first-order chi connectivity index (χ1) is 9.61. The minimum Gasteiger partial charge on any atom is -0.381 e. The highest BCUT2D eigenvalue weighted by molar-refractivity contribution is 5.79. The Kier molecular flexibility index (Phi) is 7.64. The molecule has 114 valence electrons. The van der Waals surface area contributed by atoms with Gasteiger partial charge in [-0.05, 0) is 19.3 Å². The highest BCUT2D eigenvalue weighted by atomic mass is 16.5. The van der Waals surface area contributed by atoms with E-state index in [2.05, 4.69) is 39.6 Å². The van der Waals surface area contributed by atoms with Crippen LogP contribution < -0.4 is 10.6 Å². The number of nitrogens with zero attached hydrogens (tertiary/aromatic N) is 3. The van der Waals surface area contributed by atoms with Crippen LogP contribution in [-0.4, -0.2) is 42.9 Å². The number of aryl methyl sites for hydroxylation is 1.